The van der Waals surface area contributed by atoms with Crippen LogP contribution in [0.4, 0.5) is 0 Å². The lowest BCUT2D eigenvalue weighted by Gasteiger charge is -2.60. The zero-order chi connectivity index (χ0) is 34.5. The molecule has 9 heteroatoms. The number of aliphatic hydroxyl groups is 1. The highest BCUT2D eigenvalue weighted by atomic mass is 32.2. The molecule has 3 aliphatic heterocycles. The summed E-state index contributed by atoms with van der Waals surface area (Å²) in [4.78, 5) is 2.44. The molecule has 266 valence electrons. The molecule has 3 heterocycles. The van der Waals surface area contributed by atoms with Gasteiger partial charge in [0.1, 0.15) is 12.2 Å². The molecule has 0 amide bonds. The summed E-state index contributed by atoms with van der Waals surface area (Å²) < 4.78 is 36.2. The molecule has 0 aliphatic carbocycles. The van der Waals surface area contributed by atoms with Crippen molar-refractivity contribution in [2.75, 3.05) is 18.1 Å². The van der Waals surface area contributed by atoms with E-state index in [1.165, 1.54) is 9.79 Å². The van der Waals surface area contributed by atoms with E-state index in [2.05, 4.69) is 94.5 Å². The Morgan fingerprint density at radius 2 is 1.20 bits per heavy atom. The molecule has 0 unspecified atom stereocenters. The minimum atomic E-state index is -2.30. The molecule has 0 bridgehead atoms. The number of rotatable bonds is 11. The fourth-order valence-corrected chi connectivity index (χ4v) is 10.1. The maximum Gasteiger partial charge on any atom is 0.224 e. The Hall–Kier alpha value is -1.66. The van der Waals surface area contributed by atoms with Crippen LogP contribution in [0.25, 0.3) is 0 Å². The van der Waals surface area contributed by atoms with Gasteiger partial charge in [-0.05, 0) is 73.6 Å². The van der Waals surface area contributed by atoms with Crippen molar-refractivity contribution in [1.29, 1.82) is 0 Å². The number of thioether (sulfide) groups is 2. The normalized spacial score (nSPS) is 30.0. The van der Waals surface area contributed by atoms with Crippen LogP contribution >= 0.6 is 23.5 Å². The summed E-state index contributed by atoms with van der Waals surface area (Å²) in [5, 5.41) is 11.0. The molecule has 0 saturated carbocycles. The highest BCUT2D eigenvalue weighted by molar-refractivity contribution is 7.99. The zero-order valence-corrected chi connectivity index (χ0v) is 32.3. The maximum absolute atomic E-state index is 11.0. The second-order valence-corrected chi connectivity index (χ2v) is 22.1. The third kappa shape index (κ3) is 8.53. The van der Waals surface area contributed by atoms with E-state index in [0.717, 1.165) is 42.8 Å². The van der Waals surface area contributed by atoms with Gasteiger partial charge in [-0.1, -0.05) is 87.5 Å². The predicted molar refractivity (Wildman–Crippen MR) is 202 cm³/mol. The fourth-order valence-electron chi connectivity index (χ4n) is 6.93. The first-order valence-electron chi connectivity index (χ1n) is 17.9. The van der Waals surface area contributed by atoms with Crippen LogP contribution in [-0.4, -0.2) is 67.5 Å². The van der Waals surface area contributed by atoms with Crippen LogP contribution in [0.1, 0.15) is 71.0 Å². The molecule has 1 N–H and O–H groups in total. The number of benzene rings is 3. The smallest absolute Gasteiger partial charge is 0.224 e. The molecule has 0 radical (unpaired) electrons. The van der Waals surface area contributed by atoms with Gasteiger partial charge in [0.25, 0.3) is 0 Å². The zero-order valence-electron chi connectivity index (χ0n) is 29.7. The molecule has 3 aromatic carbocycles. The van der Waals surface area contributed by atoms with Crippen LogP contribution in [0.15, 0.2) is 101 Å². The first kappa shape index (κ1) is 37.1. The number of aliphatic hydroxyl groups excluding tert-OH is 1. The van der Waals surface area contributed by atoms with Crippen molar-refractivity contribution in [3.05, 3.63) is 96.6 Å². The topological polar surface area (TPSA) is 66.4 Å². The molecule has 49 heavy (non-hydrogen) atoms. The van der Waals surface area contributed by atoms with Gasteiger partial charge in [-0.25, -0.2) is 0 Å². The standard InChI is InChI=1S/C40H54O6S2Si/c1-38(2,3)49(4,5)46-36(30-17-9-6-10-18-30)37-35(27-41)44-39(25-15-19-31(42-39)28-47-33-21-11-7-12-22-33)40(45-37)26-16-20-32(43-40)29-48-34-23-13-8-14-24-34/h6-14,17-18,21-24,31-32,35-37,41H,15-16,19-20,25-29H2,1-5H3/t31-,32-,35+,36+,37-,39-,40-/m1/s1. The van der Waals surface area contributed by atoms with E-state index in [-0.39, 0.29) is 23.9 Å². The van der Waals surface area contributed by atoms with E-state index in [1.54, 1.807) is 11.8 Å². The van der Waals surface area contributed by atoms with Gasteiger partial charge >= 0.3 is 0 Å². The molecular weight excluding hydrogens is 669 g/mol. The maximum atomic E-state index is 11.0. The lowest BCUT2D eigenvalue weighted by atomic mass is 9.85. The summed E-state index contributed by atoms with van der Waals surface area (Å²) in [6, 6.07) is 31.3. The minimum Gasteiger partial charge on any atom is -0.407 e. The SMILES string of the molecule is CC(C)(C)[Si](C)(C)O[C@@H](c1ccccc1)[C@@H]1O[C@]2(CCC[C@H](CSc3ccccc3)O2)[C@@]2(CCC[C@H](CSc3ccccc3)O2)O[C@H]1CO. The third-order valence-corrected chi connectivity index (χ3v) is 17.3. The van der Waals surface area contributed by atoms with Gasteiger partial charge in [0.05, 0.1) is 24.9 Å². The number of ether oxygens (including phenoxy) is 4. The summed E-state index contributed by atoms with van der Waals surface area (Å²) in [5.74, 6) is -0.698. The molecule has 3 fully saturated rings. The van der Waals surface area contributed by atoms with Gasteiger partial charge in [0.2, 0.25) is 11.6 Å². The first-order valence-corrected chi connectivity index (χ1v) is 22.8. The molecule has 3 aliphatic rings. The molecule has 3 aromatic rings. The number of fused-ring (bicyclic) bond motifs is 1. The molecule has 3 saturated heterocycles. The van der Waals surface area contributed by atoms with Gasteiger partial charge in [-0.2, -0.15) is 0 Å². The van der Waals surface area contributed by atoms with Crippen LogP contribution in [0.5, 0.6) is 0 Å². The second-order valence-electron chi connectivity index (χ2n) is 15.1. The van der Waals surface area contributed by atoms with Crippen molar-refractivity contribution in [3.8, 4) is 0 Å². The molecule has 7 atom stereocenters. The Balaban J connectivity index is 1.34. The van der Waals surface area contributed by atoms with E-state index >= 15 is 0 Å². The Kier molecular flexibility index (Phi) is 12.1. The molecule has 0 aromatic heterocycles. The van der Waals surface area contributed by atoms with E-state index < -0.39 is 38.2 Å². The van der Waals surface area contributed by atoms with Crippen LogP contribution in [0.2, 0.25) is 18.1 Å². The van der Waals surface area contributed by atoms with Gasteiger partial charge in [0, 0.05) is 34.1 Å². The van der Waals surface area contributed by atoms with E-state index in [4.69, 9.17) is 23.4 Å². The Bertz CT molecular complexity index is 1460. The predicted octanol–water partition coefficient (Wildman–Crippen LogP) is 9.64. The fraction of sp³-hybridized carbons (Fsp3) is 0.550. The molecular formula is C40H54O6S2Si. The van der Waals surface area contributed by atoms with Gasteiger partial charge in [-0.3, -0.25) is 0 Å². The molecule has 2 spiro atoms. The molecule has 6 rings (SSSR count). The number of hydrogen-bond donors (Lipinski definition) is 1. The Labute approximate surface area is 303 Å². The lowest BCUT2D eigenvalue weighted by molar-refractivity contribution is -0.498. The minimum absolute atomic E-state index is 0.0274. The van der Waals surface area contributed by atoms with Gasteiger partial charge in [-0.15, -0.1) is 23.5 Å². The van der Waals surface area contributed by atoms with E-state index in [9.17, 15) is 5.11 Å². The first-order chi connectivity index (χ1) is 23.5. The Morgan fingerprint density at radius 1 is 0.735 bits per heavy atom. The Morgan fingerprint density at radius 3 is 1.67 bits per heavy atom. The number of hydrogen-bond acceptors (Lipinski definition) is 8. The van der Waals surface area contributed by atoms with E-state index in [1.807, 2.05) is 42.1 Å². The molecule has 6 nitrogen and oxygen atoms in total. The monoisotopic (exact) mass is 722 g/mol. The highest BCUT2D eigenvalue weighted by Crippen LogP contribution is 2.54. The third-order valence-electron chi connectivity index (χ3n) is 10.6. The van der Waals surface area contributed by atoms with Gasteiger partial charge < -0.3 is 28.5 Å². The van der Waals surface area contributed by atoms with Crippen molar-refractivity contribution < 1.29 is 28.5 Å². The average Bonchev–Trinajstić information content (AvgIpc) is 3.11. The van der Waals surface area contributed by atoms with Crippen LogP contribution in [0.3, 0.4) is 0 Å². The summed E-state index contributed by atoms with van der Waals surface area (Å²) in [5.41, 5.74) is 1.01. The van der Waals surface area contributed by atoms with E-state index in [0.29, 0.717) is 12.8 Å². The van der Waals surface area contributed by atoms with Crippen LogP contribution in [0, 0.1) is 0 Å². The summed E-state index contributed by atoms with van der Waals surface area (Å²) in [6.45, 7) is 11.1. The van der Waals surface area contributed by atoms with Crippen molar-refractivity contribution in [1.82, 2.24) is 0 Å². The average molecular weight is 723 g/mol. The van der Waals surface area contributed by atoms with Crippen molar-refractivity contribution >= 4 is 31.8 Å². The van der Waals surface area contributed by atoms with Crippen molar-refractivity contribution in [2.24, 2.45) is 0 Å². The summed E-state index contributed by atoms with van der Waals surface area (Å²) in [7, 11) is -2.30. The van der Waals surface area contributed by atoms with Gasteiger partial charge in [0.15, 0.2) is 8.32 Å². The summed E-state index contributed by atoms with van der Waals surface area (Å²) >= 11 is 3.61. The van der Waals surface area contributed by atoms with Crippen LogP contribution < -0.4 is 0 Å². The summed E-state index contributed by atoms with van der Waals surface area (Å²) in [6.07, 6.45) is 3.18. The lowest BCUT2D eigenvalue weighted by Crippen LogP contribution is -2.73. The quantitative estimate of drug-likeness (QED) is 0.155. The second kappa shape index (κ2) is 15.9. The van der Waals surface area contributed by atoms with Crippen molar-refractivity contribution in [3.63, 3.8) is 0 Å². The van der Waals surface area contributed by atoms with Crippen molar-refractivity contribution in [2.45, 2.75) is 129 Å². The van der Waals surface area contributed by atoms with Crippen LogP contribution in [-0.2, 0) is 23.4 Å². The largest absolute Gasteiger partial charge is 0.407 e. The highest BCUT2D eigenvalue weighted by Gasteiger charge is 2.66.